The van der Waals surface area contributed by atoms with E-state index in [9.17, 15) is 26.4 Å². The summed E-state index contributed by atoms with van der Waals surface area (Å²) in [5.74, 6) is -0.497. The van der Waals surface area contributed by atoms with Gasteiger partial charge in [0.25, 0.3) is 10.0 Å². The number of sulfonamides is 1. The number of nitrogens with one attached hydrogen (secondary N) is 1. The fourth-order valence-corrected chi connectivity index (χ4v) is 4.38. The number of hydrogen-bond acceptors (Lipinski definition) is 6. The molecule has 1 aromatic heterocycles. The van der Waals surface area contributed by atoms with Crippen LogP contribution in [0.15, 0.2) is 4.34 Å². The van der Waals surface area contributed by atoms with E-state index in [1.807, 2.05) is 0 Å². The largest absolute Gasteiger partial charge is 0.402 e. The standard InChI is InChI=1S/C8H10BrF3N4O3S2/c1-5(17)13-6-14-15-7(20-6)21(18,19)16(3-2-9)4-8(10,11)12/h2-4H2,1H3,(H,13,14,17). The Labute approximate surface area is 130 Å². The van der Waals surface area contributed by atoms with Gasteiger partial charge in [0.1, 0.15) is 6.54 Å². The number of anilines is 1. The Kier molecular flexibility index (Phi) is 6.07. The molecule has 0 aliphatic carbocycles. The molecule has 0 fully saturated rings. The van der Waals surface area contributed by atoms with Crippen LogP contribution < -0.4 is 5.32 Å². The molecule has 1 amide bonds. The zero-order valence-electron chi connectivity index (χ0n) is 10.5. The molecule has 0 atom stereocenters. The number of amides is 1. The second kappa shape index (κ2) is 6.98. The minimum Gasteiger partial charge on any atom is -0.301 e. The fourth-order valence-electron chi connectivity index (χ4n) is 1.20. The van der Waals surface area contributed by atoms with E-state index in [1.165, 1.54) is 6.92 Å². The Balaban J connectivity index is 3.05. The number of carbonyl (C=O) groups is 1. The van der Waals surface area contributed by atoms with Crippen molar-refractivity contribution in [2.24, 2.45) is 0 Å². The van der Waals surface area contributed by atoms with Crippen LogP contribution in [0.4, 0.5) is 18.3 Å². The third-order valence-electron chi connectivity index (χ3n) is 1.94. The van der Waals surface area contributed by atoms with E-state index in [0.717, 1.165) is 0 Å². The molecule has 0 saturated heterocycles. The predicted molar refractivity (Wildman–Crippen MR) is 72.8 cm³/mol. The van der Waals surface area contributed by atoms with Gasteiger partial charge >= 0.3 is 6.18 Å². The van der Waals surface area contributed by atoms with Gasteiger partial charge in [0, 0.05) is 18.8 Å². The van der Waals surface area contributed by atoms with Crippen molar-refractivity contribution in [1.29, 1.82) is 0 Å². The summed E-state index contributed by atoms with van der Waals surface area (Å²) in [6.07, 6.45) is -4.68. The predicted octanol–water partition coefficient (Wildman–Crippen LogP) is 1.44. The van der Waals surface area contributed by atoms with Crippen LogP contribution >= 0.6 is 27.3 Å². The maximum Gasteiger partial charge on any atom is 0.402 e. The summed E-state index contributed by atoms with van der Waals surface area (Å²) in [5, 5.41) is 8.85. The van der Waals surface area contributed by atoms with Gasteiger partial charge in [-0.1, -0.05) is 27.3 Å². The van der Waals surface area contributed by atoms with Crippen molar-refractivity contribution >= 4 is 48.3 Å². The van der Waals surface area contributed by atoms with Crippen molar-refractivity contribution in [3.63, 3.8) is 0 Å². The lowest BCUT2D eigenvalue weighted by molar-refractivity contribution is -0.135. The average molecular weight is 411 g/mol. The first kappa shape index (κ1) is 18.3. The molecule has 21 heavy (non-hydrogen) atoms. The summed E-state index contributed by atoms with van der Waals surface area (Å²) >= 11 is 3.38. The molecule has 0 aliphatic heterocycles. The molecule has 0 aromatic carbocycles. The van der Waals surface area contributed by atoms with Crippen LogP contribution in [0.1, 0.15) is 6.92 Å². The molecule has 13 heteroatoms. The van der Waals surface area contributed by atoms with Crippen LogP contribution in [-0.4, -0.2) is 53.4 Å². The van der Waals surface area contributed by atoms with Gasteiger partial charge in [-0.05, 0) is 0 Å². The van der Waals surface area contributed by atoms with Crippen LogP contribution in [0, 0.1) is 0 Å². The SMILES string of the molecule is CC(=O)Nc1nnc(S(=O)(=O)N(CCBr)CC(F)(F)F)s1. The smallest absolute Gasteiger partial charge is 0.301 e. The summed E-state index contributed by atoms with van der Waals surface area (Å²) in [4.78, 5) is 10.8. The van der Waals surface area contributed by atoms with Crippen LogP contribution in [-0.2, 0) is 14.8 Å². The molecule has 1 heterocycles. The number of alkyl halides is 4. The Bertz CT molecular complexity index is 604. The van der Waals surface area contributed by atoms with Gasteiger partial charge in [0.2, 0.25) is 15.4 Å². The highest BCUT2D eigenvalue weighted by Crippen LogP contribution is 2.26. The van der Waals surface area contributed by atoms with E-state index < -0.39 is 33.0 Å². The lowest BCUT2D eigenvalue weighted by Gasteiger charge is -2.20. The van der Waals surface area contributed by atoms with Crippen LogP contribution in [0.25, 0.3) is 0 Å². The zero-order chi connectivity index (χ0) is 16.3. The Morgan fingerprint density at radius 2 is 2.05 bits per heavy atom. The normalized spacial score (nSPS) is 12.7. The maximum atomic E-state index is 12.4. The first-order chi connectivity index (χ1) is 9.56. The molecule has 1 rings (SSSR count). The van der Waals surface area contributed by atoms with Gasteiger partial charge < -0.3 is 5.32 Å². The van der Waals surface area contributed by atoms with E-state index >= 15 is 0 Å². The van der Waals surface area contributed by atoms with Crippen molar-refractivity contribution in [2.45, 2.75) is 17.4 Å². The molecule has 1 N–H and O–H groups in total. The minimum atomic E-state index is -4.68. The lowest BCUT2D eigenvalue weighted by atomic mass is 10.6. The molecule has 0 saturated carbocycles. The molecule has 0 bridgehead atoms. The zero-order valence-corrected chi connectivity index (χ0v) is 13.7. The molecule has 7 nitrogen and oxygen atoms in total. The third kappa shape index (κ3) is 5.48. The molecule has 0 radical (unpaired) electrons. The van der Waals surface area contributed by atoms with Gasteiger partial charge in [-0.15, -0.1) is 10.2 Å². The Hall–Kier alpha value is -0.790. The topological polar surface area (TPSA) is 92.3 Å². The molecule has 120 valence electrons. The first-order valence-corrected chi connectivity index (χ1v) is 8.68. The van der Waals surface area contributed by atoms with E-state index in [0.29, 0.717) is 11.3 Å². The lowest BCUT2D eigenvalue weighted by Crippen LogP contribution is -2.40. The molecular formula is C8H10BrF3N4O3S2. The summed E-state index contributed by atoms with van der Waals surface area (Å²) in [5.41, 5.74) is 0. The summed E-state index contributed by atoms with van der Waals surface area (Å²) in [6, 6.07) is 0. The van der Waals surface area contributed by atoms with E-state index in [-0.39, 0.29) is 21.3 Å². The van der Waals surface area contributed by atoms with Crippen molar-refractivity contribution in [3.8, 4) is 0 Å². The van der Waals surface area contributed by atoms with E-state index in [2.05, 4.69) is 31.4 Å². The highest BCUT2D eigenvalue weighted by atomic mass is 79.9. The summed E-state index contributed by atoms with van der Waals surface area (Å²) in [6.45, 7) is -0.830. The van der Waals surface area contributed by atoms with Gasteiger partial charge in [0.05, 0.1) is 0 Å². The highest BCUT2D eigenvalue weighted by molar-refractivity contribution is 9.09. The number of halogens is 4. The van der Waals surface area contributed by atoms with Crippen molar-refractivity contribution in [3.05, 3.63) is 0 Å². The third-order valence-corrected chi connectivity index (χ3v) is 5.32. The van der Waals surface area contributed by atoms with Gasteiger partial charge in [0.15, 0.2) is 0 Å². The molecule has 0 unspecified atom stereocenters. The maximum absolute atomic E-state index is 12.4. The number of aromatic nitrogens is 2. The summed E-state index contributed by atoms with van der Waals surface area (Å²) < 4.78 is 61.2. The minimum absolute atomic E-state index is 0.0274. The van der Waals surface area contributed by atoms with Gasteiger partial charge in [-0.25, -0.2) is 8.42 Å². The Morgan fingerprint density at radius 3 is 2.52 bits per heavy atom. The Morgan fingerprint density at radius 1 is 1.43 bits per heavy atom. The molecule has 1 aromatic rings. The van der Waals surface area contributed by atoms with Crippen molar-refractivity contribution in [1.82, 2.24) is 14.5 Å². The van der Waals surface area contributed by atoms with Crippen molar-refractivity contribution in [2.75, 3.05) is 23.7 Å². The van der Waals surface area contributed by atoms with Crippen molar-refractivity contribution < 1.29 is 26.4 Å². The van der Waals surface area contributed by atoms with Crippen LogP contribution in [0.3, 0.4) is 0 Å². The number of nitrogens with zero attached hydrogens (tertiary/aromatic N) is 3. The second-order valence-electron chi connectivity index (χ2n) is 3.70. The number of carbonyl (C=O) groups excluding carboxylic acids is 1. The van der Waals surface area contributed by atoms with Gasteiger partial charge in [-0.2, -0.15) is 17.5 Å². The average Bonchev–Trinajstić information content (AvgIpc) is 2.74. The molecule has 0 spiro atoms. The second-order valence-corrected chi connectivity index (χ2v) is 7.58. The number of rotatable bonds is 6. The first-order valence-electron chi connectivity index (χ1n) is 5.30. The van der Waals surface area contributed by atoms with Gasteiger partial charge in [-0.3, -0.25) is 4.79 Å². The highest BCUT2D eigenvalue weighted by Gasteiger charge is 2.38. The monoisotopic (exact) mass is 410 g/mol. The molecule has 0 aliphatic rings. The van der Waals surface area contributed by atoms with Crippen LogP contribution in [0.5, 0.6) is 0 Å². The van der Waals surface area contributed by atoms with E-state index in [4.69, 9.17) is 0 Å². The van der Waals surface area contributed by atoms with Crippen LogP contribution in [0.2, 0.25) is 0 Å². The quantitative estimate of drug-likeness (QED) is 0.565. The molecular weight excluding hydrogens is 401 g/mol. The summed E-state index contributed by atoms with van der Waals surface area (Å²) in [7, 11) is -4.43. The van der Waals surface area contributed by atoms with E-state index in [1.54, 1.807) is 0 Å². The fraction of sp³-hybridized carbons (Fsp3) is 0.625. The number of hydrogen-bond donors (Lipinski definition) is 1.